The van der Waals surface area contributed by atoms with Crippen LogP contribution in [0.2, 0.25) is 0 Å². The van der Waals surface area contributed by atoms with Gasteiger partial charge < -0.3 is 16.0 Å². The quantitative estimate of drug-likeness (QED) is 0.808. The number of nitrogens with two attached hydrogens (primary N) is 1. The Morgan fingerprint density at radius 2 is 1.84 bits per heavy atom. The number of carbonyl (C=O) groups excluding carboxylic acids is 2. The van der Waals surface area contributed by atoms with Gasteiger partial charge in [0, 0.05) is 20.6 Å². The lowest BCUT2D eigenvalue weighted by molar-refractivity contribution is -0.138. The maximum atomic E-state index is 12.3. The number of nitrogens with zero attached hydrogens (tertiary/aromatic N) is 1. The summed E-state index contributed by atoms with van der Waals surface area (Å²) in [7, 11) is 3.33. The van der Waals surface area contributed by atoms with E-state index in [1.54, 1.807) is 19.0 Å². The summed E-state index contributed by atoms with van der Waals surface area (Å²) < 4.78 is 0. The fourth-order valence-electron chi connectivity index (χ4n) is 2.60. The molecule has 1 saturated carbocycles. The van der Waals surface area contributed by atoms with Gasteiger partial charge in [0.05, 0.1) is 11.5 Å². The number of hydrogen-bond donors (Lipinski definition) is 2. The Morgan fingerprint density at radius 3 is 2.32 bits per heavy atom. The number of nitrogens with one attached hydrogen (secondary N) is 1. The first-order valence-corrected chi connectivity index (χ1v) is 6.67. The topological polar surface area (TPSA) is 75.4 Å². The van der Waals surface area contributed by atoms with E-state index in [1.165, 1.54) is 0 Å². The first-order valence-electron chi connectivity index (χ1n) is 6.67. The lowest BCUT2D eigenvalue weighted by Gasteiger charge is -2.36. The maximum Gasteiger partial charge on any atom is 0.242 e. The van der Waals surface area contributed by atoms with Gasteiger partial charge in [-0.05, 0) is 12.8 Å². The van der Waals surface area contributed by atoms with Gasteiger partial charge in [0.1, 0.15) is 0 Å². The highest BCUT2D eigenvalue weighted by atomic mass is 35.5. The molecule has 2 amide bonds. The van der Waals surface area contributed by atoms with E-state index in [9.17, 15) is 9.59 Å². The summed E-state index contributed by atoms with van der Waals surface area (Å²) in [6, 6.07) is 0. The molecule has 0 aromatic heterocycles. The van der Waals surface area contributed by atoms with Crippen molar-refractivity contribution in [3.8, 4) is 0 Å². The molecule has 1 unspecified atom stereocenters. The van der Waals surface area contributed by atoms with Crippen LogP contribution >= 0.6 is 12.4 Å². The first kappa shape index (κ1) is 18.2. The average molecular weight is 292 g/mol. The van der Waals surface area contributed by atoms with Crippen LogP contribution in [0.5, 0.6) is 0 Å². The SMILES string of the molecule is CNC(=O)C(C)CN(C)C(=O)C1(N)CCCCC1.Cl. The maximum absolute atomic E-state index is 12.3. The normalized spacial score (nSPS) is 18.9. The van der Waals surface area contributed by atoms with E-state index < -0.39 is 5.54 Å². The summed E-state index contributed by atoms with van der Waals surface area (Å²) in [6.07, 6.45) is 4.70. The van der Waals surface area contributed by atoms with Crippen LogP contribution < -0.4 is 11.1 Å². The molecule has 3 N–H and O–H groups in total. The van der Waals surface area contributed by atoms with Gasteiger partial charge in [-0.15, -0.1) is 12.4 Å². The number of carbonyl (C=O) groups is 2. The van der Waals surface area contributed by atoms with Gasteiger partial charge >= 0.3 is 0 Å². The molecule has 0 heterocycles. The predicted molar refractivity (Wildman–Crippen MR) is 78.1 cm³/mol. The van der Waals surface area contributed by atoms with Crippen molar-refractivity contribution in [1.82, 2.24) is 10.2 Å². The van der Waals surface area contributed by atoms with Crippen LogP contribution in [0.4, 0.5) is 0 Å². The third-order valence-electron chi connectivity index (χ3n) is 3.76. The molecule has 6 heteroatoms. The van der Waals surface area contributed by atoms with Crippen LogP contribution in [-0.4, -0.2) is 42.9 Å². The van der Waals surface area contributed by atoms with Crippen LogP contribution in [0.1, 0.15) is 39.0 Å². The molecule has 0 aromatic carbocycles. The molecule has 1 fully saturated rings. The van der Waals surface area contributed by atoms with Crippen LogP contribution in [0.25, 0.3) is 0 Å². The van der Waals surface area contributed by atoms with E-state index in [0.717, 1.165) is 32.1 Å². The van der Waals surface area contributed by atoms with Crippen molar-refractivity contribution in [3.05, 3.63) is 0 Å². The molecule has 19 heavy (non-hydrogen) atoms. The van der Waals surface area contributed by atoms with E-state index in [2.05, 4.69) is 5.32 Å². The number of halogens is 1. The molecule has 0 radical (unpaired) electrons. The minimum absolute atomic E-state index is 0. The molecule has 1 rings (SSSR count). The summed E-state index contributed by atoms with van der Waals surface area (Å²) in [6.45, 7) is 2.23. The fourth-order valence-corrected chi connectivity index (χ4v) is 2.60. The van der Waals surface area contributed by atoms with Crippen LogP contribution in [-0.2, 0) is 9.59 Å². The van der Waals surface area contributed by atoms with Gasteiger partial charge in [-0.25, -0.2) is 0 Å². The second-order valence-corrected chi connectivity index (χ2v) is 5.42. The molecule has 0 aromatic rings. The van der Waals surface area contributed by atoms with Crippen molar-refractivity contribution in [1.29, 1.82) is 0 Å². The third-order valence-corrected chi connectivity index (χ3v) is 3.76. The van der Waals surface area contributed by atoms with E-state index in [1.807, 2.05) is 6.92 Å². The van der Waals surface area contributed by atoms with Crippen LogP contribution in [0, 0.1) is 5.92 Å². The molecule has 0 aliphatic heterocycles. The van der Waals surface area contributed by atoms with Crippen LogP contribution in [0.15, 0.2) is 0 Å². The van der Waals surface area contributed by atoms with Crippen molar-refractivity contribution < 1.29 is 9.59 Å². The minimum Gasteiger partial charge on any atom is -0.359 e. The highest BCUT2D eigenvalue weighted by Gasteiger charge is 2.37. The van der Waals surface area contributed by atoms with Gasteiger partial charge in [-0.1, -0.05) is 26.2 Å². The fraction of sp³-hybridized carbons (Fsp3) is 0.846. The summed E-state index contributed by atoms with van der Waals surface area (Å²) in [5.74, 6) is -0.293. The molecule has 5 nitrogen and oxygen atoms in total. The Hall–Kier alpha value is -0.810. The van der Waals surface area contributed by atoms with Gasteiger partial charge in [-0.2, -0.15) is 0 Å². The zero-order valence-corrected chi connectivity index (χ0v) is 12.9. The van der Waals surface area contributed by atoms with Gasteiger partial charge in [-0.3, -0.25) is 9.59 Å². The highest BCUT2D eigenvalue weighted by molar-refractivity contribution is 5.87. The molecule has 112 valence electrons. The molecule has 0 bridgehead atoms. The van der Waals surface area contributed by atoms with Crippen molar-refractivity contribution in [2.45, 2.75) is 44.6 Å². The third kappa shape index (κ3) is 4.66. The number of hydrogen-bond acceptors (Lipinski definition) is 3. The Bertz CT molecular complexity index is 317. The standard InChI is InChI=1S/C13H25N3O2.ClH/c1-10(11(17)15-2)9-16(3)12(18)13(14)7-5-4-6-8-13;/h10H,4-9,14H2,1-3H3,(H,15,17);1H. The second kappa shape index (κ2) is 7.70. The summed E-state index contributed by atoms with van der Waals surface area (Å²) in [5, 5.41) is 2.59. The Labute approximate surface area is 121 Å². The number of rotatable bonds is 4. The first-order chi connectivity index (χ1) is 8.40. The van der Waals surface area contributed by atoms with E-state index in [-0.39, 0.29) is 30.1 Å². The molecule has 1 aliphatic carbocycles. The predicted octanol–water partition coefficient (Wildman–Crippen LogP) is 0.910. The second-order valence-electron chi connectivity index (χ2n) is 5.42. The van der Waals surface area contributed by atoms with Crippen molar-refractivity contribution in [2.24, 2.45) is 11.7 Å². The van der Waals surface area contributed by atoms with Crippen molar-refractivity contribution in [3.63, 3.8) is 0 Å². The van der Waals surface area contributed by atoms with Crippen molar-refractivity contribution >= 4 is 24.2 Å². The van der Waals surface area contributed by atoms with Crippen LogP contribution in [0.3, 0.4) is 0 Å². The highest BCUT2D eigenvalue weighted by Crippen LogP contribution is 2.27. The average Bonchev–Trinajstić information content (AvgIpc) is 2.37. The van der Waals surface area contributed by atoms with Gasteiger partial charge in [0.2, 0.25) is 11.8 Å². The number of amides is 2. The zero-order valence-electron chi connectivity index (χ0n) is 12.1. The lowest BCUT2D eigenvalue weighted by atomic mass is 9.81. The van der Waals surface area contributed by atoms with Crippen molar-refractivity contribution in [2.75, 3.05) is 20.6 Å². The minimum atomic E-state index is -0.713. The van der Waals surface area contributed by atoms with E-state index >= 15 is 0 Å². The monoisotopic (exact) mass is 291 g/mol. The number of likely N-dealkylation sites (N-methyl/N-ethyl adjacent to an activating group) is 1. The Morgan fingerprint density at radius 1 is 1.32 bits per heavy atom. The Balaban J connectivity index is 0.00000324. The molecule has 1 aliphatic rings. The lowest BCUT2D eigenvalue weighted by Crippen LogP contribution is -2.56. The molecular weight excluding hydrogens is 266 g/mol. The molecule has 0 saturated heterocycles. The molecule has 1 atom stereocenters. The smallest absolute Gasteiger partial charge is 0.242 e. The van der Waals surface area contributed by atoms with E-state index in [0.29, 0.717) is 6.54 Å². The zero-order chi connectivity index (χ0) is 13.8. The summed E-state index contributed by atoms with van der Waals surface area (Å²) in [4.78, 5) is 25.4. The van der Waals surface area contributed by atoms with Gasteiger partial charge in [0.15, 0.2) is 0 Å². The molecule has 0 spiro atoms. The largest absolute Gasteiger partial charge is 0.359 e. The molecular formula is C13H26ClN3O2. The van der Waals surface area contributed by atoms with Gasteiger partial charge in [0.25, 0.3) is 0 Å². The van der Waals surface area contributed by atoms with E-state index in [4.69, 9.17) is 5.73 Å². The Kier molecular flexibility index (Phi) is 7.37. The summed E-state index contributed by atoms with van der Waals surface area (Å²) in [5.41, 5.74) is 5.48. The summed E-state index contributed by atoms with van der Waals surface area (Å²) >= 11 is 0.